The van der Waals surface area contributed by atoms with Gasteiger partial charge in [0.2, 0.25) is 0 Å². The standard InChI is InChI=1S/C17H16F3NO4S/c1-25-16(23)15-10(7-12(22)9-14(15)21-24)5-6-26-13-4-2-3-11(8-13)17(18,19)20/h2-4,8-10,15H,5-7H2,1H3. The quantitative estimate of drug-likeness (QED) is 0.415. The molecule has 9 heteroatoms. The van der Waals surface area contributed by atoms with Crippen molar-refractivity contribution < 1.29 is 27.5 Å². The highest BCUT2D eigenvalue weighted by Crippen LogP contribution is 2.36. The molecular formula is C17H16F3NO4S. The summed E-state index contributed by atoms with van der Waals surface area (Å²) in [6.45, 7) is 0. The molecule has 26 heavy (non-hydrogen) atoms. The number of halogens is 3. The summed E-state index contributed by atoms with van der Waals surface area (Å²) in [7, 11) is 1.18. The molecular weight excluding hydrogens is 371 g/mol. The molecule has 2 atom stereocenters. The van der Waals surface area contributed by atoms with Crippen molar-refractivity contribution in [3.63, 3.8) is 0 Å². The number of nitrogens with zero attached hydrogens (tertiary/aromatic N) is 1. The van der Waals surface area contributed by atoms with Gasteiger partial charge in [0.15, 0.2) is 5.78 Å². The fourth-order valence-corrected chi connectivity index (χ4v) is 3.86. The lowest BCUT2D eigenvalue weighted by Gasteiger charge is -2.26. The Balaban J connectivity index is 2.06. The Bertz CT molecular complexity index is 733. The second-order valence-electron chi connectivity index (χ2n) is 5.75. The van der Waals surface area contributed by atoms with E-state index >= 15 is 0 Å². The minimum absolute atomic E-state index is 0.0575. The van der Waals surface area contributed by atoms with Gasteiger partial charge in [-0.2, -0.15) is 13.2 Å². The maximum atomic E-state index is 12.7. The van der Waals surface area contributed by atoms with Gasteiger partial charge in [-0.1, -0.05) is 6.07 Å². The monoisotopic (exact) mass is 387 g/mol. The van der Waals surface area contributed by atoms with Crippen LogP contribution in [0.4, 0.5) is 13.2 Å². The van der Waals surface area contributed by atoms with E-state index in [2.05, 4.69) is 9.91 Å². The molecule has 0 amide bonds. The van der Waals surface area contributed by atoms with Gasteiger partial charge in [0.1, 0.15) is 11.6 Å². The van der Waals surface area contributed by atoms with Crippen LogP contribution in [0.3, 0.4) is 0 Å². The van der Waals surface area contributed by atoms with Crippen molar-refractivity contribution in [2.24, 2.45) is 17.0 Å². The number of rotatable bonds is 6. The molecule has 0 N–H and O–H groups in total. The molecule has 0 aromatic heterocycles. The molecule has 0 saturated carbocycles. The van der Waals surface area contributed by atoms with E-state index in [4.69, 9.17) is 0 Å². The summed E-state index contributed by atoms with van der Waals surface area (Å²) in [6, 6.07) is 4.92. The Morgan fingerprint density at radius 1 is 1.38 bits per heavy atom. The first-order chi connectivity index (χ1) is 12.3. The Kier molecular flexibility index (Phi) is 6.57. The van der Waals surface area contributed by atoms with Gasteiger partial charge in [-0.05, 0) is 41.5 Å². The number of thioether (sulfide) groups is 1. The number of hydrogen-bond donors (Lipinski definition) is 0. The second kappa shape index (κ2) is 8.48. The van der Waals surface area contributed by atoms with E-state index in [0.29, 0.717) is 17.1 Å². The zero-order chi connectivity index (χ0) is 19.3. The number of allylic oxidation sites excluding steroid dienone is 1. The molecule has 0 spiro atoms. The number of esters is 1. The first-order valence-corrected chi connectivity index (χ1v) is 8.70. The van der Waals surface area contributed by atoms with Gasteiger partial charge < -0.3 is 4.74 Å². The number of alkyl halides is 3. The Hall–Kier alpha value is -2.16. The molecule has 2 rings (SSSR count). The third-order valence-electron chi connectivity index (χ3n) is 4.04. The molecule has 0 fully saturated rings. The summed E-state index contributed by atoms with van der Waals surface area (Å²) in [5.41, 5.74) is -0.902. The van der Waals surface area contributed by atoms with E-state index < -0.39 is 29.5 Å². The molecule has 140 valence electrons. The van der Waals surface area contributed by atoms with Gasteiger partial charge in [0, 0.05) is 17.4 Å². The SMILES string of the molecule is COC(=O)C1C(N=O)=CC(=O)CC1CCSc1cccc(C(F)(F)F)c1. The van der Waals surface area contributed by atoms with Crippen LogP contribution in [-0.2, 0) is 20.5 Å². The number of nitroso groups, excluding NO2 is 1. The Morgan fingerprint density at radius 2 is 2.12 bits per heavy atom. The van der Waals surface area contributed by atoms with Crippen LogP contribution in [0.15, 0.2) is 46.1 Å². The number of ketones is 1. The van der Waals surface area contributed by atoms with Crippen molar-refractivity contribution in [2.45, 2.75) is 23.9 Å². The van der Waals surface area contributed by atoms with Crippen molar-refractivity contribution in [2.75, 3.05) is 12.9 Å². The van der Waals surface area contributed by atoms with E-state index in [1.807, 2.05) is 0 Å². The molecule has 0 bridgehead atoms. The van der Waals surface area contributed by atoms with Gasteiger partial charge in [-0.3, -0.25) is 9.59 Å². The number of methoxy groups -OCH3 is 1. The van der Waals surface area contributed by atoms with Crippen molar-refractivity contribution >= 4 is 23.5 Å². The molecule has 1 aromatic rings. The van der Waals surface area contributed by atoms with Crippen molar-refractivity contribution in [1.82, 2.24) is 0 Å². The summed E-state index contributed by atoms with van der Waals surface area (Å²) in [5.74, 6) is -2.01. The Labute approximate surface area is 152 Å². The zero-order valence-electron chi connectivity index (χ0n) is 13.8. The lowest BCUT2D eigenvalue weighted by molar-refractivity contribution is -0.146. The maximum Gasteiger partial charge on any atom is 0.416 e. The first-order valence-electron chi connectivity index (χ1n) is 7.72. The van der Waals surface area contributed by atoms with E-state index in [1.165, 1.54) is 24.9 Å². The topological polar surface area (TPSA) is 72.8 Å². The van der Waals surface area contributed by atoms with E-state index in [9.17, 15) is 27.7 Å². The maximum absolute atomic E-state index is 12.7. The van der Waals surface area contributed by atoms with E-state index in [0.717, 1.165) is 18.2 Å². The largest absolute Gasteiger partial charge is 0.468 e. The Morgan fingerprint density at radius 3 is 2.73 bits per heavy atom. The van der Waals surface area contributed by atoms with Crippen LogP contribution in [0.25, 0.3) is 0 Å². The number of benzene rings is 1. The average Bonchev–Trinajstić information content (AvgIpc) is 2.60. The molecule has 1 aliphatic rings. The van der Waals surface area contributed by atoms with Crippen molar-refractivity contribution in [3.05, 3.63) is 46.5 Å². The summed E-state index contributed by atoms with van der Waals surface area (Å²) in [5, 5.41) is 2.76. The first kappa shape index (κ1) is 20.2. The molecule has 1 aromatic carbocycles. The highest BCUT2D eigenvalue weighted by Gasteiger charge is 2.38. The number of carbonyl (C=O) groups excluding carboxylic acids is 2. The van der Waals surface area contributed by atoms with Crippen LogP contribution in [0, 0.1) is 16.7 Å². The molecule has 0 aliphatic heterocycles. The summed E-state index contributed by atoms with van der Waals surface area (Å²) < 4.78 is 42.9. The number of carbonyl (C=O) groups is 2. The van der Waals surface area contributed by atoms with Crippen LogP contribution in [-0.4, -0.2) is 24.6 Å². The minimum atomic E-state index is -4.42. The normalized spacial score (nSPS) is 20.5. The van der Waals surface area contributed by atoms with Crippen molar-refractivity contribution in [3.8, 4) is 0 Å². The van der Waals surface area contributed by atoms with Crippen LogP contribution >= 0.6 is 11.8 Å². The van der Waals surface area contributed by atoms with E-state index in [-0.39, 0.29) is 17.9 Å². The van der Waals surface area contributed by atoms with Gasteiger partial charge in [0.25, 0.3) is 0 Å². The fraction of sp³-hybridized carbons (Fsp3) is 0.412. The summed E-state index contributed by atoms with van der Waals surface area (Å²) in [6.07, 6.45) is -2.97. The van der Waals surface area contributed by atoms with Crippen LogP contribution in [0.1, 0.15) is 18.4 Å². The molecule has 5 nitrogen and oxygen atoms in total. The van der Waals surface area contributed by atoms with Crippen LogP contribution in [0.2, 0.25) is 0 Å². The smallest absolute Gasteiger partial charge is 0.416 e. The molecule has 1 aliphatic carbocycles. The molecule has 0 radical (unpaired) electrons. The predicted octanol–water partition coefficient (Wildman–Crippen LogP) is 4.22. The third kappa shape index (κ3) is 4.94. The van der Waals surface area contributed by atoms with Crippen LogP contribution in [0.5, 0.6) is 0 Å². The second-order valence-corrected chi connectivity index (χ2v) is 6.92. The number of ether oxygens (including phenoxy) is 1. The number of hydrogen-bond acceptors (Lipinski definition) is 6. The summed E-state index contributed by atoms with van der Waals surface area (Å²) in [4.78, 5) is 35.0. The highest BCUT2D eigenvalue weighted by atomic mass is 32.2. The third-order valence-corrected chi connectivity index (χ3v) is 5.07. The van der Waals surface area contributed by atoms with Gasteiger partial charge in [-0.15, -0.1) is 16.7 Å². The molecule has 0 heterocycles. The van der Waals surface area contributed by atoms with Gasteiger partial charge in [0.05, 0.1) is 12.7 Å². The van der Waals surface area contributed by atoms with Crippen molar-refractivity contribution in [1.29, 1.82) is 0 Å². The predicted molar refractivity (Wildman–Crippen MR) is 89.3 cm³/mol. The zero-order valence-corrected chi connectivity index (χ0v) is 14.6. The van der Waals surface area contributed by atoms with E-state index in [1.54, 1.807) is 6.07 Å². The molecule has 2 unspecified atom stereocenters. The average molecular weight is 387 g/mol. The van der Waals surface area contributed by atoms with Gasteiger partial charge >= 0.3 is 12.1 Å². The summed E-state index contributed by atoms with van der Waals surface area (Å²) >= 11 is 1.18. The lowest BCUT2D eigenvalue weighted by atomic mass is 9.79. The fourth-order valence-electron chi connectivity index (χ4n) is 2.81. The lowest BCUT2D eigenvalue weighted by Crippen LogP contribution is -2.32. The highest BCUT2D eigenvalue weighted by molar-refractivity contribution is 7.99. The van der Waals surface area contributed by atoms with Crippen LogP contribution < -0.4 is 0 Å². The minimum Gasteiger partial charge on any atom is -0.468 e. The molecule has 0 saturated heterocycles. The van der Waals surface area contributed by atoms with Gasteiger partial charge in [-0.25, -0.2) is 0 Å².